The number of hydrogen-bond acceptors (Lipinski definition) is 6. The van der Waals surface area contributed by atoms with Crippen molar-refractivity contribution in [3.8, 4) is 11.4 Å². The summed E-state index contributed by atoms with van der Waals surface area (Å²) in [5, 5.41) is 14.8. The van der Waals surface area contributed by atoms with Crippen molar-refractivity contribution < 1.29 is 4.79 Å². The number of amides is 1. The first kappa shape index (κ1) is 17.9. The number of halogens is 1. The third kappa shape index (κ3) is 4.20. The summed E-state index contributed by atoms with van der Waals surface area (Å²) in [5.74, 6) is 0.609. The summed E-state index contributed by atoms with van der Waals surface area (Å²) < 4.78 is 1.87. The number of aromatic nitrogens is 4. The molecule has 25 heavy (non-hydrogen) atoms. The fourth-order valence-corrected chi connectivity index (χ4v) is 3.73. The summed E-state index contributed by atoms with van der Waals surface area (Å²) in [6, 6.07) is 7.40. The zero-order valence-electron chi connectivity index (χ0n) is 13.9. The van der Waals surface area contributed by atoms with Gasteiger partial charge in [-0.2, -0.15) is 0 Å². The fourth-order valence-electron chi connectivity index (χ4n) is 2.10. The number of carbonyl (C=O) groups is 1. The zero-order valence-corrected chi connectivity index (χ0v) is 16.2. The largest absolute Gasteiger partial charge is 0.305 e. The summed E-state index contributed by atoms with van der Waals surface area (Å²) in [4.78, 5) is 16.6. The minimum atomic E-state index is -0.329. The van der Waals surface area contributed by atoms with Crippen molar-refractivity contribution in [2.45, 2.75) is 24.3 Å². The van der Waals surface area contributed by atoms with Crippen LogP contribution < -0.4 is 5.32 Å². The first-order valence-electron chi connectivity index (χ1n) is 7.49. The van der Waals surface area contributed by atoms with Gasteiger partial charge in [-0.3, -0.25) is 4.79 Å². The number of rotatable bonds is 5. The Bertz CT molecular complexity index is 890. The zero-order chi connectivity index (χ0) is 18.0. The van der Waals surface area contributed by atoms with Crippen LogP contribution in [0.15, 0.2) is 34.8 Å². The van der Waals surface area contributed by atoms with Crippen molar-refractivity contribution in [1.82, 2.24) is 19.7 Å². The van der Waals surface area contributed by atoms with Gasteiger partial charge in [0.1, 0.15) is 0 Å². The highest BCUT2D eigenvalue weighted by Crippen LogP contribution is 2.27. The van der Waals surface area contributed by atoms with E-state index in [1.54, 1.807) is 0 Å². The SMILES string of the molecule is Cc1csc(NC(=O)[C@@H](C)Sc2nnc(-c3ccc(Cl)cc3)n2C)n1. The molecule has 3 rings (SSSR count). The third-order valence-corrected chi connectivity index (χ3v) is 5.70. The van der Waals surface area contributed by atoms with Crippen LogP contribution in [0.3, 0.4) is 0 Å². The number of nitrogens with zero attached hydrogens (tertiary/aromatic N) is 4. The van der Waals surface area contributed by atoms with Gasteiger partial charge in [-0.15, -0.1) is 21.5 Å². The molecular weight excluding hydrogens is 378 g/mol. The number of carbonyl (C=O) groups excluding carboxylic acids is 1. The van der Waals surface area contributed by atoms with E-state index in [1.807, 2.05) is 55.1 Å². The standard InChI is InChI=1S/C16H16ClN5OS2/c1-9-8-24-15(18-9)19-14(23)10(2)25-16-21-20-13(22(16)3)11-4-6-12(17)7-5-11/h4-8,10H,1-3H3,(H,18,19,23)/t10-/m1/s1. The van der Waals surface area contributed by atoms with Crippen LogP contribution in [0.1, 0.15) is 12.6 Å². The second kappa shape index (κ2) is 7.55. The number of thioether (sulfide) groups is 1. The van der Waals surface area contributed by atoms with Crippen LogP contribution in [0.4, 0.5) is 5.13 Å². The van der Waals surface area contributed by atoms with E-state index in [-0.39, 0.29) is 11.2 Å². The lowest BCUT2D eigenvalue weighted by Crippen LogP contribution is -2.22. The van der Waals surface area contributed by atoms with Crippen molar-refractivity contribution in [1.29, 1.82) is 0 Å². The molecule has 2 heterocycles. The summed E-state index contributed by atoms with van der Waals surface area (Å²) >= 11 is 8.68. The summed E-state index contributed by atoms with van der Waals surface area (Å²) in [7, 11) is 1.88. The first-order valence-corrected chi connectivity index (χ1v) is 9.62. The number of benzene rings is 1. The second-order valence-electron chi connectivity index (χ2n) is 5.42. The van der Waals surface area contributed by atoms with E-state index in [2.05, 4.69) is 20.5 Å². The lowest BCUT2D eigenvalue weighted by Gasteiger charge is -2.10. The summed E-state index contributed by atoms with van der Waals surface area (Å²) in [6.07, 6.45) is 0. The minimum absolute atomic E-state index is 0.115. The van der Waals surface area contributed by atoms with Crippen LogP contribution in [-0.4, -0.2) is 30.9 Å². The monoisotopic (exact) mass is 393 g/mol. The Morgan fingerprint density at radius 1 is 1.32 bits per heavy atom. The number of nitrogens with one attached hydrogen (secondary N) is 1. The highest BCUT2D eigenvalue weighted by molar-refractivity contribution is 8.00. The van der Waals surface area contributed by atoms with E-state index < -0.39 is 0 Å². The molecule has 1 atom stereocenters. The summed E-state index contributed by atoms with van der Waals surface area (Å²) in [5.41, 5.74) is 1.81. The molecule has 0 fully saturated rings. The molecule has 3 aromatic rings. The molecule has 1 N–H and O–H groups in total. The van der Waals surface area contributed by atoms with E-state index in [9.17, 15) is 4.79 Å². The highest BCUT2D eigenvalue weighted by atomic mass is 35.5. The lowest BCUT2D eigenvalue weighted by molar-refractivity contribution is -0.115. The van der Waals surface area contributed by atoms with E-state index in [0.29, 0.717) is 15.3 Å². The molecule has 0 aliphatic heterocycles. The van der Waals surface area contributed by atoms with Gasteiger partial charge in [0, 0.05) is 23.0 Å². The molecular formula is C16H16ClN5OS2. The van der Waals surface area contributed by atoms with Crippen LogP contribution in [0, 0.1) is 6.92 Å². The number of aryl methyl sites for hydroxylation is 1. The predicted molar refractivity (Wildman–Crippen MR) is 102 cm³/mol. The molecule has 9 heteroatoms. The molecule has 0 radical (unpaired) electrons. The van der Waals surface area contributed by atoms with Crippen LogP contribution in [0.2, 0.25) is 5.02 Å². The Morgan fingerprint density at radius 3 is 2.68 bits per heavy atom. The molecule has 0 aliphatic carbocycles. The quantitative estimate of drug-likeness (QED) is 0.663. The van der Waals surface area contributed by atoms with Gasteiger partial charge in [-0.25, -0.2) is 4.98 Å². The normalized spacial score (nSPS) is 12.2. The number of hydrogen-bond donors (Lipinski definition) is 1. The Kier molecular flexibility index (Phi) is 5.41. The van der Waals surface area contributed by atoms with Crippen molar-refractivity contribution in [3.05, 3.63) is 40.4 Å². The molecule has 1 amide bonds. The topological polar surface area (TPSA) is 72.7 Å². The molecule has 0 saturated carbocycles. The number of thiazole rings is 1. The van der Waals surface area contributed by atoms with Crippen molar-refractivity contribution >= 4 is 45.7 Å². The molecule has 2 aromatic heterocycles. The average molecular weight is 394 g/mol. The fraction of sp³-hybridized carbons (Fsp3) is 0.250. The molecule has 0 spiro atoms. The Morgan fingerprint density at radius 2 is 2.04 bits per heavy atom. The van der Waals surface area contributed by atoms with Gasteiger partial charge in [0.25, 0.3) is 0 Å². The van der Waals surface area contributed by atoms with Gasteiger partial charge in [-0.1, -0.05) is 23.4 Å². The van der Waals surface area contributed by atoms with Gasteiger partial charge in [0.05, 0.1) is 10.9 Å². The summed E-state index contributed by atoms with van der Waals surface area (Å²) in [6.45, 7) is 3.72. The van der Waals surface area contributed by atoms with Gasteiger partial charge < -0.3 is 9.88 Å². The molecule has 0 aliphatic rings. The Balaban J connectivity index is 1.70. The lowest BCUT2D eigenvalue weighted by atomic mass is 10.2. The maximum atomic E-state index is 12.3. The first-order chi connectivity index (χ1) is 11.9. The van der Waals surface area contributed by atoms with Crippen molar-refractivity contribution in [3.63, 3.8) is 0 Å². The molecule has 6 nitrogen and oxygen atoms in total. The van der Waals surface area contributed by atoms with E-state index in [4.69, 9.17) is 11.6 Å². The van der Waals surface area contributed by atoms with Crippen molar-refractivity contribution in [2.75, 3.05) is 5.32 Å². The van der Waals surface area contributed by atoms with E-state index in [1.165, 1.54) is 23.1 Å². The van der Waals surface area contributed by atoms with Gasteiger partial charge in [-0.05, 0) is 38.1 Å². The van der Waals surface area contributed by atoms with E-state index >= 15 is 0 Å². The minimum Gasteiger partial charge on any atom is -0.305 e. The maximum absolute atomic E-state index is 12.3. The Labute approximate surface area is 158 Å². The maximum Gasteiger partial charge on any atom is 0.239 e. The second-order valence-corrected chi connectivity index (χ2v) is 8.02. The smallest absolute Gasteiger partial charge is 0.239 e. The van der Waals surface area contributed by atoms with E-state index in [0.717, 1.165) is 17.1 Å². The average Bonchev–Trinajstić information content (AvgIpc) is 3.15. The van der Waals surface area contributed by atoms with Crippen LogP contribution in [0.25, 0.3) is 11.4 Å². The number of anilines is 1. The Hall–Kier alpha value is -1.90. The van der Waals surface area contributed by atoms with Gasteiger partial charge in [0.15, 0.2) is 16.1 Å². The van der Waals surface area contributed by atoms with Gasteiger partial charge >= 0.3 is 0 Å². The van der Waals surface area contributed by atoms with Crippen LogP contribution >= 0.6 is 34.7 Å². The molecule has 130 valence electrons. The molecule has 0 unspecified atom stereocenters. The highest BCUT2D eigenvalue weighted by Gasteiger charge is 2.20. The van der Waals surface area contributed by atoms with Gasteiger partial charge in [0.2, 0.25) is 5.91 Å². The predicted octanol–water partition coefficient (Wildman–Crippen LogP) is 4.02. The van der Waals surface area contributed by atoms with Crippen molar-refractivity contribution in [2.24, 2.45) is 7.05 Å². The third-order valence-electron chi connectivity index (χ3n) is 3.44. The molecule has 1 aromatic carbocycles. The van der Waals surface area contributed by atoms with Crippen LogP contribution in [-0.2, 0) is 11.8 Å². The van der Waals surface area contributed by atoms with Crippen LogP contribution in [0.5, 0.6) is 0 Å². The molecule has 0 saturated heterocycles. The molecule has 0 bridgehead atoms.